The van der Waals surface area contributed by atoms with Crippen molar-refractivity contribution in [2.75, 3.05) is 6.54 Å². The normalized spacial score (nSPS) is 16.8. The monoisotopic (exact) mass is 364 g/mol. The molecule has 2 aromatic carbocycles. The Morgan fingerprint density at radius 2 is 1.93 bits per heavy atom. The first kappa shape index (κ1) is 17.2. The van der Waals surface area contributed by atoms with Gasteiger partial charge in [0.25, 0.3) is 5.91 Å². The summed E-state index contributed by atoms with van der Waals surface area (Å²) in [5.74, 6) is -0.0928. The number of imidazole rings is 1. The first-order valence-electron chi connectivity index (χ1n) is 8.87. The Morgan fingerprint density at radius 1 is 1.19 bits per heavy atom. The van der Waals surface area contributed by atoms with Crippen molar-refractivity contribution in [1.29, 1.82) is 0 Å². The summed E-state index contributed by atoms with van der Waals surface area (Å²) in [6.45, 7) is 0.418. The van der Waals surface area contributed by atoms with E-state index in [1.165, 1.54) is 0 Å². The lowest BCUT2D eigenvalue weighted by molar-refractivity contribution is -0.121. The van der Waals surface area contributed by atoms with Crippen molar-refractivity contribution in [2.24, 2.45) is 5.73 Å². The van der Waals surface area contributed by atoms with Crippen LogP contribution in [0.4, 0.5) is 0 Å². The molecule has 2 heterocycles. The van der Waals surface area contributed by atoms with Crippen molar-refractivity contribution in [2.45, 2.75) is 25.5 Å². The number of aliphatic hydroxyl groups is 1. The molecule has 1 aromatic heterocycles. The van der Waals surface area contributed by atoms with E-state index < -0.39 is 11.9 Å². The number of carbonyl (C=O) groups excluding carboxylic acids is 2. The second kappa shape index (κ2) is 6.85. The first-order valence-corrected chi connectivity index (χ1v) is 8.87. The van der Waals surface area contributed by atoms with E-state index in [1.54, 1.807) is 17.0 Å². The van der Waals surface area contributed by atoms with Gasteiger partial charge >= 0.3 is 0 Å². The number of fused-ring (bicyclic) bond motifs is 1. The third-order valence-electron chi connectivity index (χ3n) is 4.99. The Hall–Kier alpha value is -3.19. The largest absolute Gasteiger partial charge is 0.388 e. The summed E-state index contributed by atoms with van der Waals surface area (Å²) >= 11 is 0. The Kier molecular flexibility index (Phi) is 4.37. The van der Waals surface area contributed by atoms with Gasteiger partial charge in [0.2, 0.25) is 5.91 Å². The lowest BCUT2D eigenvalue weighted by atomic mass is 10.0. The number of hydrogen-bond acceptors (Lipinski definition) is 4. The first-order chi connectivity index (χ1) is 13.1. The fraction of sp³-hybridized carbons (Fsp3) is 0.250. The van der Waals surface area contributed by atoms with Gasteiger partial charge in [0, 0.05) is 12.1 Å². The molecule has 0 spiro atoms. The van der Waals surface area contributed by atoms with E-state index in [2.05, 4.69) is 9.97 Å². The zero-order chi connectivity index (χ0) is 19.0. The van der Waals surface area contributed by atoms with E-state index in [9.17, 15) is 14.7 Å². The topological polar surface area (TPSA) is 112 Å². The summed E-state index contributed by atoms with van der Waals surface area (Å²) in [5, 5.41) is 9.19. The number of aliphatic hydroxyl groups excluding tert-OH is 1. The fourth-order valence-corrected chi connectivity index (χ4v) is 3.59. The maximum atomic E-state index is 12.7. The van der Waals surface area contributed by atoms with E-state index >= 15 is 0 Å². The number of aromatic amines is 1. The molecule has 27 heavy (non-hydrogen) atoms. The summed E-state index contributed by atoms with van der Waals surface area (Å²) < 4.78 is 0. The van der Waals surface area contributed by atoms with E-state index in [4.69, 9.17) is 5.73 Å². The van der Waals surface area contributed by atoms with Gasteiger partial charge in [-0.2, -0.15) is 0 Å². The summed E-state index contributed by atoms with van der Waals surface area (Å²) in [6, 6.07) is 12.6. The molecule has 0 aliphatic carbocycles. The quantitative estimate of drug-likeness (QED) is 0.655. The van der Waals surface area contributed by atoms with E-state index in [0.29, 0.717) is 24.4 Å². The molecule has 1 saturated heterocycles. The molecule has 0 bridgehead atoms. The minimum Gasteiger partial charge on any atom is -0.388 e. The average Bonchev–Trinajstić information content (AvgIpc) is 3.33. The molecule has 1 aliphatic rings. The molecule has 1 fully saturated rings. The van der Waals surface area contributed by atoms with Crippen LogP contribution >= 0.6 is 0 Å². The molecular formula is C20H20N4O3. The highest BCUT2D eigenvalue weighted by Crippen LogP contribution is 2.25. The second-order valence-corrected chi connectivity index (χ2v) is 6.71. The van der Waals surface area contributed by atoms with E-state index in [-0.39, 0.29) is 12.5 Å². The third-order valence-corrected chi connectivity index (χ3v) is 4.99. The number of nitrogens with zero attached hydrogens (tertiary/aromatic N) is 2. The summed E-state index contributed by atoms with van der Waals surface area (Å²) in [5.41, 5.74) is 9.52. The number of H-pyrrole nitrogens is 1. The van der Waals surface area contributed by atoms with Crippen LogP contribution < -0.4 is 5.73 Å². The van der Waals surface area contributed by atoms with Crippen LogP contribution in [0, 0.1) is 0 Å². The van der Waals surface area contributed by atoms with Gasteiger partial charge in [-0.15, -0.1) is 0 Å². The Morgan fingerprint density at radius 3 is 2.63 bits per heavy atom. The maximum absolute atomic E-state index is 12.7. The van der Waals surface area contributed by atoms with Gasteiger partial charge in [0.15, 0.2) is 0 Å². The molecule has 2 amide bonds. The minimum absolute atomic E-state index is 0.135. The van der Waals surface area contributed by atoms with E-state index in [0.717, 1.165) is 28.6 Å². The third kappa shape index (κ3) is 3.17. The summed E-state index contributed by atoms with van der Waals surface area (Å²) in [6.07, 6.45) is 1.41. The lowest BCUT2D eigenvalue weighted by Crippen LogP contribution is -2.43. The van der Waals surface area contributed by atoms with Crippen LogP contribution in [0.15, 0.2) is 42.5 Å². The van der Waals surface area contributed by atoms with Crippen molar-refractivity contribution in [3.05, 3.63) is 53.9 Å². The van der Waals surface area contributed by atoms with Crippen molar-refractivity contribution in [3.8, 4) is 11.1 Å². The van der Waals surface area contributed by atoms with Crippen LogP contribution in [0.1, 0.15) is 29.0 Å². The van der Waals surface area contributed by atoms with Gasteiger partial charge in [-0.3, -0.25) is 9.59 Å². The molecule has 138 valence electrons. The summed E-state index contributed by atoms with van der Waals surface area (Å²) in [7, 11) is 0. The standard InChI is InChI=1S/C20H20N4O3/c21-19(26)17-2-1-9-24(17)20(27)13-5-3-12(4-6-13)14-7-8-15-16(10-14)23-18(11-25)22-15/h3-8,10,17,25H,1-2,9,11H2,(H2,21,26)(H,22,23)/t17-/m0/s1. The number of primary amides is 1. The Balaban J connectivity index is 1.58. The van der Waals surface area contributed by atoms with Crippen molar-refractivity contribution in [3.63, 3.8) is 0 Å². The molecule has 0 saturated carbocycles. The number of amides is 2. The molecule has 4 N–H and O–H groups in total. The van der Waals surface area contributed by atoms with Crippen molar-refractivity contribution >= 4 is 22.8 Å². The molecule has 7 heteroatoms. The average molecular weight is 364 g/mol. The van der Waals surface area contributed by atoms with Crippen LogP contribution in [0.3, 0.4) is 0 Å². The fourth-order valence-electron chi connectivity index (χ4n) is 3.59. The Bertz CT molecular complexity index is 1010. The lowest BCUT2D eigenvalue weighted by Gasteiger charge is -2.22. The molecule has 0 radical (unpaired) electrons. The number of nitrogens with one attached hydrogen (secondary N) is 1. The smallest absolute Gasteiger partial charge is 0.254 e. The SMILES string of the molecule is NC(=O)[C@@H]1CCCN1C(=O)c1ccc(-c2ccc3nc(CO)[nH]c3c2)cc1. The predicted octanol–water partition coefficient (Wildman–Crippen LogP) is 1.81. The number of benzene rings is 2. The number of likely N-dealkylation sites (tertiary alicyclic amines) is 1. The van der Waals surface area contributed by atoms with Gasteiger partial charge in [-0.05, 0) is 48.2 Å². The second-order valence-electron chi connectivity index (χ2n) is 6.71. The zero-order valence-electron chi connectivity index (χ0n) is 14.7. The van der Waals surface area contributed by atoms with E-state index in [1.807, 2.05) is 30.3 Å². The zero-order valence-corrected chi connectivity index (χ0v) is 14.7. The molecule has 1 atom stereocenters. The number of aromatic nitrogens is 2. The predicted molar refractivity (Wildman–Crippen MR) is 101 cm³/mol. The minimum atomic E-state index is -0.513. The van der Waals surface area contributed by atoms with Crippen LogP contribution in [0.25, 0.3) is 22.2 Å². The van der Waals surface area contributed by atoms with Crippen LogP contribution in [0.2, 0.25) is 0 Å². The highest BCUT2D eigenvalue weighted by atomic mass is 16.3. The Labute approximate surface area is 155 Å². The molecule has 4 rings (SSSR count). The van der Waals surface area contributed by atoms with Gasteiger partial charge in [-0.1, -0.05) is 18.2 Å². The number of hydrogen-bond donors (Lipinski definition) is 3. The number of carbonyl (C=O) groups is 2. The highest BCUT2D eigenvalue weighted by Gasteiger charge is 2.33. The van der Waals surface area contributed by atoms with Gasteiger partial charge in [0.05, 0.1) is 11.0 Å². The van der Waals surface area contributed by atoms with Crippen LogP contribution in [0.5, 0.6) is 0 Å². The van der Waals surface area contributed by atoms with Gasteiger partial charge in [0.1, 0.15) is 18.5 Å². The van der Waals surface area contributed by atoms with Gasteiger partial charge in [-0.25, -0.2) is 4.98 Å². The molecule has 1 aliphatic heterocycles. The molecule has 7 nitrogen and oxygen atoms in total. The molecular weight excluding hydrogens is 344 g/mol. The van der Waals surface area contributed by atoms with Crippen molar-refractivity contribution < 1.29 is 14.7 Å². The van der Waals surface area contributed by atoms with Crippen LogP contribution in [-0.4, -0.2) is 44.4 Å². The molecule has 0 unspecified atom stereocenters. The number of rotatable bonds is 4. The maximum Gasteiger partial charge on any atom is 0.254 e. The van der Waals surface area contributed by atoms with Gasteiger partial charge < -0.3 is 20.7 Å². The van der Waals surface area contributed by atoms with Crippen molar-refractivity contribution in [1.82, 2.24) is 14.9 Å². The molecule has 3 aromatic rings. The summed E-state index contributed by atoms with van der Waals surface area (Å²) in [4.78, 5) is 33.1. The number of nitrogens with two attached hydrogens (primary N) is 1. The van der Waals surface area contributed by atoms with Crippen LogP contribution in [-0.2, 0) is 11.4 Å². The highest BCUT2D eigenvalue weighted by molar-refractivity contribution is 5.98.